The molecule has 0 aromatic heterocycles. The van der Waals surface area contributed by atoms with E-state index in [0.717, 1.165) is 31.7 Å². The van der Waals surface area contributed by atoms with Gasteiger partial charge in [-0.15, -0.1) is 0 Å². The SMILES string of the molecule is N#Cc1ccc(NC2CCCCCCC2)cc1C(F)(F)F. The summed E-state index contributed by atoms with van der Waals surface area (Å²) < 4.78 is 38.8. The van der Waals surface area contributed by atoms with E-state index in [9.17, 15) is 13.2 Å². The van der Waals surface area contributed by atoms with E-state index in [4.69, 9.17) is 5.26 Å². The number of anilines is 1. The van der Waals surface area contributed by atoms with Gasteiger partial charge in [0.25, 0.3) is 0 Å². The molecule has 1 aromatic rings. The number of hydrogen-bond acceptors (Lipinski definition) is 2. The largest absolute Gasteiger partial charge is 0.417 e. The molecule has 1 N–H and O–H groups in total. The molecular formula is C16H19F3N2. The van der Waals surface area contributed by atoms with Crippen molar-refractivity contribution in [3.05, 3.63) is 29.3 Å². The van der Waals surface area contributed by atoms with Gasteiger partial charge >= 0.3 is 6.18 Å². The molecule has 1 aliphatic rings. The number of nitrogens with one attached hydrogen (secondary N) is 1. The van der Waals surface area contributed by atoms with Crippen molar-refractivity contribution in [2.45, 2.75) is 57.2 Å². The van der Waals surface area contributed by atoms with Crippen LogP contribution in [-0.4, -0.2) is 6.04 Å². The summed E-state index contributed by atoms with van der Waals surface area (Å²) in [6.07, 6.45) is 3.34. The average Bonchev–Trinajstić information content (AvgIpc) is 2.40. The van der Waals surface area contributed by atoms with Gasteiger partial charge in [0.05, 0.1) is 17.2 Å². The fraction of sp³-hybridized carbons (Fsp3) is 0.562. The standard InChI is InChI=1S/C16H19F3N2/c17-16(18,19)15-10-14(9-8-12(15)11-20)21-13-6-4-2-1-3-5-7-13/h8-10,13,21H,1-7H2. The first kappa shape index (κ1) is 15.7. The maximum Gasteiger partial charge on any atom is 0.417 e. The lowest BCUT2D eigenvalue weighted by Gasteiger charge is -2.22. The Morgan fingerprint density at radius 3 is 2.24 bits per heavy atom. The van der Waals surface area contributed by atoms with Crippen LogP contribution < -0.4 is 5.32 Å². The van der Waals surface area contributed by atoms with Crippen molar-refractivity contribution >= 4 is 5.69 Å². The van der Waals surface area contributed by atoms with Gasteiger partial charge in [0.1, 0.15) is 0 Å². The summed E-state index contributed by atoms with van der Waals surface area (Å²) >= 11 is 0. The number of hydrogen-bond donors (Lipinski definition) is 1. The highest BCUT2D eigenvalue weighted by atomic mass is 19.4. The predicted octanol–water partition coefficient (Wildman–Crippen LogP) is 5.10. The van der Waals surface area contributed by atoms with E-state index < -0.39 is 11.7 Å². The van der Waals surface area contributed by atoms with Crippen LogP contribution in [0.15, 0.2) is 18.2 Å². The summed E-state index contributed by atoms with van der Waals surface area (Å²) in [5, 5.41) is 12.0. The highest BCUT2D eigenvalue weighted by molar-refractivity contribution is 5.53. The normalized spacial score (nSPS) is 17.6. The van der Waals surface area contributed by atoms with Crippen LogP contribution >= 0.6 is 0 Å². The molecular weight excluding hydrogens is 277 g/mol. The van der Waals surface area contributed by atoms with Crippen LogP contribution in [0.5, 0.6) is 0 Å². The third kappa shape index (κ3) is 4.38. The van der Waals surface area contributed by atoms with Crippen LogP contribution in [0.2, 0.25) is 0 Å². The van der Waals surface area contributed by atoms with E-state index in [1.165, 1.54) is 25.3 Å². The van der Waals surface area contributed by atoms with E-state index in [0.29, 0.717) is 5.69 Å². The van der Waals surface area contributed by atoms with Gasteiger partial charge < -0.3 is 5.32 Å². The van der Waals surface area contributed by atoms with Crippen LogP contribution in [0.4, 0.5) is 18.9 Å². The number of halogens is 3. The second-order valence-corrected chi connectivity index (χ2v) is 5.56. The minimum absolute atomic E-state index is 0.222. The molecule has 1 aliphatic carbocycles. The molecule has 2 nitrogen and oxygen atoms in total. The molecule has 0 radical (unpaired) electrons. The summed E-state index contributed by atoms with van der Waals surface area (Å²) in [6, 6.07) is 5.68. The molecule has 0 heterocycles. The van der Waals surface area contributed by atoms with Crippen molar-refractivity contribution in [3.63, 3.8) is 0 Å². The molecule has 0 aliphatic heterocycles. The van der Waals surface area contributed by atoms with Crippen molar-refractivity contribution in [1.82, 2.24) is 0 Å². The Kier molecular flexibility index (Phi) is 5.11. The lowest BCUT2D eigenvalue weighted by molar-refractivity contribution is -0.137. The van der Waals surface area contributed by atoms with Crippen LogP contribution in [0, 0.1) is 11.3 Å². The van der Waals surface area contributed by atoms with Crippen LogP contribution in [0.25, 0.3) is 0 Å². The fourth-order valence-corrected chi connectivity index (χ4v) is 2.80. The quantitative estimate of drug-likeness (QED) is 0.824. The molecule has 0 amide bonds. The van der Waals surface area contributed by atoms with E-state index >= 15 is 0 Å². The van der Waals surface area contributed by atoms with Gasteiger partial charge in [-0.1, -0.05) is 32.1 Å². The third-order valence-corrected chi connectivity index (χ3v) is 3.92. The maximum atomic E-state index is 12.9. The predicted molar refractivity (Wildman–Crippen MR) is 75.9 cm³/mol. The van der Waals surface area contributed by atoms with Gasteiger partial charge in [0.2, 0.25) is 0 Å². The minimum Gasteiger partial charge on any atom is -0.382 e. The van der Waals surface area contributed by atoms with Gasteiger partial charge in [0.15, 0.2) is 0 Å². The van der Waals surface area contributed by atoms with Gasteiger partial charge in [-0.05, 0) is 31.0 Å². The summed E-state index contributed by atoms with van der Waals surface area (Å²) in [5.41, 5.74) is -0.738. The van der Waals surface area contributed by atoms with Gasteiger partial charge in [-0.2, -0.15) is 18.4 Å². The number of benzene rings is 1. The van der Waals surface area contributed by atoms with Crippen LogP contribution in [0.1, 0.15) is 56.1 Å². The summed E-state index contributed by atoms with van der Waals surface area (Å²) in [6.45, 7) is 0. The van der Waals surface area contributed by atoms with Crippen molar-refractivity contribution in [2.24, 2.45) is 0 Å². The number of nitriles is 1. The Labute approximate surface area is 123 Å². The highest BCUT2D eigenvalue weighted by Gasteiger charge is 2.34. The Bertz CT molecular complexity index is 509. The zero-order chi connectivity index (χ0) is 15.3. The summed E-state index contributed by atoms with van der Waals surface area (Å²) in [4.78, 5) is 0. The van der Waals surface area contributed by atoms with E-state index in [2.05, 4.69) is 5.32 Å². The van der Waals surface area contributed by atoms with Crippen LogP contribution in [-0.2, 0) is 6.18 Å². The molecule has 1 aromatic carbocycles. The average molecular weight is 296 g/mol. The molecule has 0 bridgehead atoms. The second-order valence-electron chi connectivity index (χ2n) is 5.56. The lowest BCUT2D eigenvalue weighted by atomic mass is 9.96. The maximum absolute atomic E-state index is 12.9. The second kappa shape index (κ2) is 6.84. The fourth-order valence-electron chi connectivity index (χ4n) is 2.80. The lowest BCUT2D eigenvalue weighted by Crippen LogP contribution is -2.21. The molecule has 0 unspecified atom stereocenters. The smallest absolute Gasteiger partial charge is 0.382 e. The molecule has 0 saturated heterocycles. The Hall–Kier alpha value is -1.70. The number of alkyl halides is 3. The Morgan fingerprint density at radius 2 is 1.67 bits per heavy atom. The van der Waals surface area contributed by atoms with Gasteiger partial charge in [-0.3, -0.25) is 0 Å². The molecule has 21 heavy (non-hydrogen) atoms. The van der Waals surface area contributed by atoms with E-state index in [-0.39, 0.29) is 11.6 Å². The van der Waals surface area contributed by atoms with Crippen molar-refractivity contribution in [1.29, 1.82) is 5.26 Å². The van der Waals surface area contributed by atoms with Crippen molar-refractivity contribution in [3.8, 4) is 6.07 Å². The van der Waals surface area contributed by atoms with E-state index in [1.54, 1.807) is 12.1 Å². The molecule has 0 spiro atoms. The first-order valence-electron chi connectivity index (χ1n) is 7.38. The number of rotatable bonds is 2. The van der Waals surface area contributed by atoms with E-state index in [1.807, 2.05) is 0 Å². The van der Waals surface area contributed by atoms with Crippen LogP contribution in [0.3, 0.4) is 0 Å². The zero-order valence-electron chi connectivity index (χ0n) is 11.8. The number of nitrogens with zero attached hydrogens (tertiary/aromatic N) is 1. The zero-order valence-corrected chi connectivity index (χ0v) is 11.8. The first-order chi connectivity index (χ1) is 10.0. The highest BCUT2D eigenvalue weighted by Crippen LogP contribution is 2.34. The Morgan fingerprint density at radius 1 is 1.05 bits per heavy atom. The first-order valence-corrected chi connectivity index (χ1v) is 7.38. The topological polar surface area (TPSA) is 35.8 Å². The minimum atomic E-state index is -4.50. The Balaban J connectivity index is 2.14. The monoisotopic (exact) mass is 296 g/mol. The van der Waals surface area contributed by atoms with Crippen molar-refractivity contribution in [2.75, 3.05) is 5.32 Å². The molecule has 1 fully saturated rings. The summed E-state index contributed by atoms with van der Waals surface area (Å²) in [7, 11) is 0. The molecule has 5 heteroatoms. The van der Waals surface area contributed by atoms with Gasteiger partial charge in [0, 0.05) is 11.7 Å². The molecule has 0 atom stereocenters. The molecule has 114 valence electrons. The molecule has 2 rings (SSSR count). The van der Waals surface area contributed by atoms with Crippen molar-refractivity contribution < 1.29 is 13.2 Å². The molecule has 1 saturated carbocycles. The third-order valence-electron chi connectivity index (χ3n) is 3.92. The summed E-state index contributed by atoms with van der Waals surface area (Å²) in [5.74, 6) is 0. The van der Waals surface area contributed by atoms with Gasteiger partial charge in [-0.25, -0.2) is 0 Å².